The maximum atomic E-state index is 11.0. The van der Waals surface area contributed by atoms with Gasteiger partial charge in [-0.2, -0.15) is 0 Å². The molecule has 3 rings (SSSR count). The van der Waals surface area contributed by atoms with E-state index in [4.69, 9.17) is 0 Å². The van der Waals surface area contributed by atoms with Gasteiger partial charge in [-0.1, -0.05) is 36.8 Å². The first-order valence-corrected chi connectivity index (χ1v) is 6.98. The highest BCUT2D eigenvalue weighted by atomic mass is 16.3. The standard InChI is InChI=1S/C16H20N2O/c19-16(11-14-5-2-1-3-6-14)8-4-7-15(16)12-18-10-9-17-13-18/h1-3,5-6,9-10,13,15,19H,4,7-8,11-12H2/t15-,16+/m1/s1. The molecule has 0 saturated heterocycles. The summed E-state index contributed by atoms with van der Waals surface area (Å²) in [6.07, 6.45) is 9.48. The Morgan fingerprint density at radius 3 is 2.89 bits per heavy atom. The second kappa shape index (κ2) is 5.17. The third kappa shape index (κ3) is 2.71. The van der Waals surface area contributed by atoms with Gasteiger partial charge >= 0.3 is 0 Å². The molecule has 100 valence electrons. The van der Waals surface area contributed by atoms with Crippen LogP contribution in [0.4, 0.5) is 0 Å². The van der Waals surface area contributed by atoms with E-state index in [1.54, 1.807) is 6.20 Å². The predicted molar refractivity (Wildman–Crippen MR) is 74.7 cm³/mol. The van der Waals surface area contributed by atoms with Gasteiger partial charge in [-0.3, -0.25) is 0 Å². The molecular formula is C16H20N2O. The maximum Gasteiger partial charge on any atom is 0.0946 e. The van der Waals surface area contributed by atoms with Crippen LogP contribution in [0.1, 0.15) is 24.8 Å². The van der Waals surface area contributed by atoms with Gasteiger partial charge in [0.1, 0.15) is 0 Å². The van der Waals surface area contributed by atoms with Gasteiger partial charge in [-0.05, 0) is 18.4 Å². The molecule has 1 fully saturated rings. The van der Waals surface area contributed by atoms with Crippen LogP contribution in [-0.4, -0.2) is 20.3 Å². The van der Waals surface area contributed by atoms with Gasteiger partial charge in [-0.25, -0.2) is 4.98 Å². The first-order valence-electron chi connectivity index (χ1n) is 6.98. The van der Waals surface area contributed by atoms with Crippen LogP contribution in [0.2, 0.25) is 0 Å². The van der Waals surface area contributed by atoms with Gasteiger partial charge in [-0.15, -0.1) is 0 Å². The van der Waals surface area contributed by atoms with E-state index in [-0.39, 0.29) is 0 Å². The van der Waals surface area contributed by atoms with Gasteiger partial charge in [0.25, 0.3) is 0 Å². The summed E-state index contributed by atoms with van der Waals surface area (Å²) in [5, 5.41) is 11.0. The largest absolute Gasteiger partial charge is 0.389 e. The van der Waals surface area contributed by atoms with Crippen LogP contribution in [0.3, 0.4) is 0 Å². The van der Waals surface area contributed by atoms with Crippen molar-refractivity contribution in [2.45, 2.75) is 37.8 Å². The molecule has 19 heavy (non-hydrogen) atoms. The van der Waals surface area contributed by atoms with Crippen LogP contribution in [0.5, 0.6) is 0 Å². The van der Waals surface area contributed by atoms with Crippen LogP contribution < -0.4 is 0 Å². The van der Waals surface area contributed by atoms with E-state index in [2.05, 4.69) is 21.7 Å². The van der Waals surface area contributed by atoms with Gasteiger partial charge in [0.2, 0.25) is 0 Å². The summed E-state index contributed by atoms with van der Waals surface area (Å²) in [4.78, 5) is 4.08. The molecule has 1 heterocycles. The summed E-state index contributed by atoms with van der Waals surface area (Å²) in [6, 6.07) is 10.3. The summed E-state index contributed by atoms with van der Waals surface area (Å²) in [5.74, 6) is 0.321. The van der Waals surface area contributed by atoms with E-state index in [1.807, 2.05) is 30.7 Å². The number of benzene rings is 1. The van der Waals surface area contributed by atoms with E-state index < -0.39 is 5.60 Å². The van der Waals surface area contributed by atoms with Crippen LogP contribution in [-0.2, 0) is 13.0 Å². The molecule has 0 bridgehead atoms. The molecule has 1 N–H and O–H groups in total. The highest BCUT2D eigenvalue weighted by Gasteiger charge is 2.40. The van der Waals surface area contributed by atoms with Crippen molar-refractivity contribution < 1.29 is 5.11 Å². The molecule has 2 aromatic rings. The Kier molecular flexibility index (Phi) is 3.38. The van der Waals surface area contributed by atoms with Crippen molar-refractivity contribution in [2.75, 3.05) is 0 Å². The van der Waals surface area contributed by atoms with Crippen molar-refractivity contribution >= 4 is 0 Å². The van der Waals surface area contributed by atoms with Gasteiger partial charge in [0.15, 0.2) is 0 Å². The van der Waals surface area contributed by atoms with Crippen molar-refractivity contribution in [2.24, 2.45) is 5.92 Å². The lowest BCUT2D eigenvalue weighted by Gasteiger charge is -2.30. The minimum Gasteiger partial charge on any atom is -0.389 e. The third-order valence-electron chi connectivity index (χ3n) is 4.27. The zero-order valence-electron chi connectivity index (χ0n) is 11.1. The molecule has 0 spiro atoms. The minimum absolute atomic E-state index is 0.321. The van der Waals surface area contributed by atoms with Crippen LogP contribution in [0.25, 0.3) is 0 Å². The second-order valence-corrected chi connectivity index (χ2v) is 5.61. The Morgan fingerprint density at radius 2 is 2.16 bits per heavy atom. The molecule has 0 amide bonds. The van der Waals surface area contributed by atoms with E-state index in [9.17, 15) is 5.11 Å². The smallest absolute Gasteiger partial charge is 0.0946 e. The Balaban J connectivity index is 1.74. The molecule has 1 aliphatic carbocycles. The average molecular weight is 256 g/mol. The van der Waals surface area contributed by atoms with Crippen molar-refractivity contribution in [3.8, 4) is 0 Å². The molecular weight excluding hydrogens is 236 g/mol. The summed E-state index contributed by atoms with van der Waals surface area (Å²) >= 11 is 0. The Labute approximate surface area is 113 Å². The molecule has 1 saturated carbocycles. The fourth-order valence-corrected chi connectivity index (χ4v) is 3.22. The van der Waals surface area contributed by atoms with Crippen molar-refractivity contribution in [3.05, 3.63) is 54.6 Å². The summed E-state index contributed by atoms with van der Waals surface area (Å²) in [6.45, 7) is 0.864. The zero-order chi connectivity index (χ0) is 13.1. The van der Waals surface area contributed by atoms with Gasteiger partial charge in [0.05, 0.1) is 11.9 Å². The lowest BCUT2D eigenvalue weighted by molar-refractivity contribution is -0.00348. The Morgan fingerprint density at radius 1 is 1.32 bits per heavy atom. The number of rotatable bonds is 4. The van der Waals surface area contributed by atoms with Gasteiger partial charge < -0.3 is 9.67 Å². The van der Waals surface area contributed by atoms with Crippen LogP contribution >= 0.6 is 0 Å². The lowest BCUT2D eigenvalue weighted by atomic mass is 9.84. The molecule has 3 nitrogen and oxygen atoms in total. The minimum atomic E-state index is -0.564. The second-order valence-electron chi connectivity index (χ2n) is 5.61. The topological polar surface area (TPSA) is 38.0 Å². The van der Waals surface area contributed by atoms with E-state index in [0.29, 0.717) is 5.92 Å². The van der Waals surface area contributed by atoms with Crippen molar-refractivity contribution in [1.29, 1.82) is 0 Å². The molecule has 1 aliphatic rings. The SMILES string of the molecule is O[C@]1(Cc2ccccc2)CCC[C@@H]1Cn1ccnc1. The molecule has 1 aromatic carbocycles. The molecule has 0 unspecified atom stereocenters. The predicted octanol–water partition coefficient (Wildman–Crippen LogP) is 2.66. The number of nitrogens with zero attached hydrogens (tertiary/aromatic N) is 2. The van der Waals surface area contributed by atoms with Crippen molar-refractivity contribution in [3.63, 3.8) is 0 Å². The first-order chi connectivity index (χ1) is 9.26. The molecule has 0 aliphatic heterocycles. The number of imidazole rings is 1. The van der Waals surface area contributed by atoms with E-state index in [1.165, 1.54) is 5.56 Å². The molecule has 0 radical (unpaired) electrons. The first kappa shape index (κ1) is 12.4. The average Bonchev–Trinajstić information content (AvgIpc) is 3.03. The maximum absolute atomic E-state index is 11.0. The molecule has 2 atom stereocenters. The normalized spacial score (nSPS) is 26.7. The Hall–Kier alpha value is -1.61. The third-order valence-corrected chi connectivity index (χ3v) is 4.27. The number of aliphatic hydroxyl groups is 1. The monoisotopic (exact) mass is 256 g/mol. The quantitative estimate of drug-likeness (QED) is 0.913. The fraction of sp³-hybridized carbons (Fsp3) is 0.438. The molecule has 3 heteroatoms. The zero-order valence-corrected chi connectivity index (χ0v) is 11.1. The number of hydrogen-bond donors (Lipinski definition) is 1. The number of aromatic nitrogens is 2. The van der Waals surface area contributed by atoms with E-state index in [0.717, 1.165) is 32.2 Å². The summed E-state index contributed by atoms with van der Waals surface area (Å²) in [5.41, 5.74) is 0.661. The summed E-state index contributed by atoms with van der Waals surface area (Å²) < 4.78 is 2.08. The van der Waals surface area contributed by atoms with Crippen LogP contribution in [0, 0.1) is 5.92 Å². The number of hydrogen-bond acceptors (Lipinski definition) is 2. The lowest BCUT2D eigenvalue weighted by Crippen LogP contribution is -2.37. The van der Waals surface area contributed by atoms with Crippen molar-refractivity contribution in [1.82, 2.24) is 9.55 Å². The summed E-state index contributed by atoms with van der Waals surface area (Å²) in [7, 11) is 0. The van der Waals surface area contributed by atoms with Crippen LogP contribution in [0.15, 0.2) is 49.1 Å². The highest BCUT2D eigenvalue weighted by molar-refractivity contribution is 5.18. The van der Waals surface area contributed by atoms with E-state index >= 15 is 0 Å². The Bertz CT molecular complexity index is 509. The molecule has 1 aromatic heterocycles. The fourth-order valence-electron chi connectivity index (χ4n) is 3.22. The highest BCUT2D eigenvalue weighted by Crippen LogP contribution is 2.39. The van der Waals surface area contributed by atoms with Gasteiger partial charge in [0, 0.05) is 31.3 Å².